The van der Waals surface area contributed by atoms with Gasteiger partial charge in [-0.2, -0.15) is 0 Å². The highest BCUT2D eigenvalue weighted by atomic mass is 16.6. The third-order valence-electron chi connectivity index (χ3n) is 5.74. The quantitative estimate of drug-likeness (QED) is 0.325. The first-order chi connectivity index (χ1) is 13.4. The van der Waals surface area contributed by atoms with E-state index in [4.69, 9.17) is 15.1 Å². The van der Waals surface area contributed by atoms with Crippen LogP contribution in [0, 0.1) is 0 Å². The van der Waals surface area contributed by atoms with E-state index in [1.807, 2.05) is 0 Å². The van der Waals surface area contributed by atoms with E-state index in [0.717, 1.165) is 11.8 Å². The van der Waals surface area contributed by atoms with E-state index in [1.165, 1.54) is 6.07 Å². The van der Waals surface area contributed by atoms with Crippen LogP contribution in [0.5, 0.6) is 11.5 Å². The van der Waals surface area contributed by atoms with E-state index in [-0.39, 0.29) is 30.5 Å². The molecular weight excluding hydrogens is 387 g/mol. The number of carboxylic acids is 2. The number of aliphatic carboxylic acids is 1. The average Bonchev–Trinajstić information content (AvgIpc) is 3.37. The van der Waals surface area contributed by atoms with Crippen LogP contribution in [0.25, 0.3) is 0 Å². The second kappa shape index (κ2) is 6.08. The van der Waals surface area contributed by atoms with Crippen molar-refractivity contribution in [3.63, 3.8) is 0 Å². The van der Waals surface area contributed by atoms with E-state index >= 15 is 0 Å². The van der Waals surface area contributed by atoms with Gasteiger partial charge in [-0.15, -0.1) is 0 Å². The molecule has 4 N–H and O–H groups in total. The zero-order valence-electron chi connectivity index (χ0n) is 15.4. The molecule has 1 saturated heterocycles. The molecule has 1 saturated carbocycles. The standard InChI is InChI=1S/C17H20BN2O9/c1-17(19,16(24)25)15(23)20-5-7(6-20)28-11-3-2-8-9-4-10(9)18(26,27)29-13(8)12(11)14(21)22/h2-3,7,9-10,26-27H,4-6,19H2,1H3,(H,21,22)(H,24,25)/q-1/p-2/t9-,10-,17-/m1/s1. The fourth-order valence-corrected chi connectivity index (χ4v) is 3.88. The van der Waals surface area contributed by atoms with Gasteiger partial charge in [0.1, 0.15) is 17.4 Å². The minimum Gasteiger partial charge on any atom is -0.669 e. The summed E-state index contributed by atoms with van der Waals surface area (Å²) in [5.41, 5.74) is 3.37. The number of ether oxygens (including phenoxy) is 1. The highest BCUT2D eigenvalue weighted by molar-refractivity contribution is 6.62. The van der Waals surface area contributed by atoms with E-state index in [1.54, 1.807) is 6.07 Å². The maximum atomic E-state index is 12.1. The molecule has 3 atom stereocenters. The molecule has 12 heteroatoms. The summed E-state index contributed by atoms with van der Waals surface area (Å²) in [5, 5.41) is 42.7. The molecule has 0 radical (unpaired) electrons. The first kappa shape index (κ1) is 19.5. The Kier molecular flexibility index (Phi) is 4.09. The number of benzene rings is 1. The number of amides is 1. The number of likely N-dealkylation sites (tertiary alicyclic amines) is 1. The van der Waals surface area contributed by atoms with Crippen LogP contribution in [0.2, 0.25) is 5.82 Å². The third-order valence-corrected chi connectivity index (χ3v) is 5.74. The van der Waals surface area contributed by atoms with Crippen molar-refractivity contribution in [2.75, 3.05) is 13.1 Å². The third kappa shape index (κ3) is 3.00. The summed E-state index contributed by atoms with van der Waals surface area (Å²) in [4.78, 5) is 36.0. The molecule has 29 heavy (non-hydrogen) atoms. The Bertz CT molecular complexity index is 926. The van der Waals surface area contributed by atoms with Crippen LogP contribution in [0.15, 0.2) is 12.1 Å². The monoisotopic (exact) mass is 405 g/mol. The van der Waals surface area contributed by atoms with Crippen molar-refractivity contribution >= 4 is 24.6 Å². The molecular formula is C17H18BN2O9-3. The molecule has 0 aromatic heterocycles. The minimum absolute atomic E-state index is 0.0120. The minimum atomic E-state index is -3.18. The van der Waals surface area contributed by atoms with Gasteiger partial charge < -0.3 is 49.9 Å². The van der Waals surface area contributed by atoms with Gasteiger partial charge >= 0.3 is 6.75 Å². The van der Waals surface area contributed by atoms with Crippen LogP contribution in [0.1, 0.15) is 35.2 Å². The lowest BCUT2D eigenvalue weighted by molar-refractivity contribution is -0.311. The molecule has 3 aliphatic rings. The Labute approximate surface area is 164 Å². The lowest BCUT2D eigenvalue weighted by Crippen LogP contribution is -2.68. The van der Waals surface area contributed by atoms with Gasteiger partial charge in [-0.25, -0.2) is 0 Å². The van der Waals surface area contributed by atoms with Crippen molar-refractivity contribution in [1.29, 1.82) is 0 Å². The highest BCUT2D eigenvalue weighted by Gasteiger charge is 2.55. The first-order valence-corrected chi connectivity index (χ1v) is 9.06. The van der Waals surface area contributed by atoms with Crippen molar-refractivity contribution in [3.8, 4) is 11.5 Å². The molecule has 0 unspecified atom stereocenters. The Morgan fingerprint density at radius 1 is 1.31 bits per heavy atom. The Balaban J connectivity index is 1.52. The number of carbonyl (C=O) groups excluding carboxylic acids is 3. The lowest BCUT2D eigenvalue weighted by Gasteiger charge is -2.43. The second-order valence-electron chi connectivity index (χ2n) is 7.97. The van der Waals surface area contributed by atoms with E-state index < -0.39 is 47.6 Å². The van der Waals surface area contributed by atoms with Crippen LogP contribution in [0.3, 0.4) is 0 Å². The van der Waals surface area contributed by atoms with Gasteiger partial charge in [0.15, 0.2) is 0 Å². The van der Waals surface area contributed by atoms with Crippen LogP contribution in [-0.2, 0) is 9.59 Å². The maximum absolute atomic E-state index is 12.1. The number of carbonyl (C=O) groups is 3. The summed E-state index contributed by atoms with van der Waals surface area (Å²) < 4.78 is 10.8. The number of aromatic carboxylic acids is 1. The van der Waals surface area contributed by atoms with Crippen molar-refractivity contribution < 1.29 is 44.0 Å². The second-order valence-corrected chi connectivity index (χ2v) is 7.97. The van der Waals surface area contributed by atoms with Gasteiger partial charge in [-0.05, 0) is 24.5 Å². The molecule has 156 valence electrons. The number of hydrogen-bond donors (Lipinski definition) is 3. The smallest absolute Gasteiger partial charge is 0.434 e. The van der Waals surface area contributed by atoms with E-state index in [0.29, 0.717) is 12.0 Å². The van der Waals surface area contributed by atoms with E-state index in [9.17, 15) is 34.6 Å². The largest absolute Gasteiger partial charge is 0.669 e. The van der Waals surface area contributed by atoms with Crippen LogP contribution < -0.4 is 25.3 Å². The van der Waals surface area contributed by atoms with Crippen molar-refractivity contribution in [3.05, 3.63) is 23.3 Å². The van der Waals surface area contributed by atoms with Crippen molar-refractivity contribution in [2.24, 2.45) is 5.73 Å². The number of carboxylic acid groups (broad SMARTS) is 2. The normalized spacial score (nSPS) is 26.1. The van der Waals surface area contributed by atoms with Gasteiger partial charge in [0.05, 0.1) is 36.3 Å². The molecule has 4 rings (SSSR count). The van der Waals surface area contributed by atoms with Crippen molar-refractivity contribution in [1.82, 2.24) is 4.90 Å². The number of rotatable bonds is 5. The van der Waals surface area contributed by atoms with Gasteiger partial charge in [0.25, 0.3) is 0 Å². The Morgan fingerprint density at radius 3 is 2.55 bits per heavy atom. The highest BCUT2D eigenvalue weighted by Crippen LogP contribution is 2.63. The Morgan fingerprint density at radius 2 is 1.97 bits per heavy atom. The average molecular weight is 405 g/mol. The topological polar surface area (TPSA) is 186 Å². The maximum Gasteiger partial charge on any atom is 0.434 e. The number of hydrogen-bond acceptors (Lipinski definition) is 10. The lowest BCUT2D eigenvalue weighted by atomic mass is 9.68. The molecule has 1 aliphatic carbocycles. The predicted octanol–water partition coefficient (Wildman–Crippen LogP) is -3.72. The molecule has 2 heterocycles. The SMILES string of the molecule is C[C@](N)(C(=O)[O-])C(=O)N1CC(Oc2ccc3c(c2C(=O)[O-])O[B-](O)(O)[C@@H]2C[C@H]32)C1. The summed E-state index contributed by atoms with van der Waals surface area (Å²) in [7, 11) is 0. The van der Waals surface area contributed by atoms with Gasteiger partial charge in [0.2, 0.25) is 5.91 Å². The molecule has 0 spiro atoms. The summed E-state index contributed by atoms with van der Waals surface area (Å²) in [6.07, 6.45) is -0.147. The summed E-state index contributed by atoms with van der Waals surface area (Å²) in [6, 6.07) is 3.03. The summed E-state index contributed by atoms with van der Waals surface area (Å²) >= 11 is 0. The molecule has 2 aliphatic heterocycles. The summed E-state index contributed by atoms with van der Waals surface area (Å²) in [6.45, 7) is -2.18. The van der Waals surface area contributed by atoms with E-state index in [2.05, 4.69) is 0 Å². The Hall–Kier alpha value is -2.83. The zero-order valence-corrected chi connectivity index (χ0v) is 15.4. The number of nitrogens with zero attached hydrogens (tertiary/aromatic N) is 1. The van der Waals surface area contributed by atoms with Gasteiger partial charge in [0, 0.05) is 0 Å². The van der Waals surface area contributed by atoms with Crippen LogP contribution in [0.4, 0.5) is 0 Å². The van der Waals surface area contributed by atoms with Crippen LogP contribution >= 0.6 is 0 Å². The molecule has 1 aromatic rings. The molecule has 2 fully saturated rings. The molecule has 1 aromatic carbocycles. The summed E-state index contributed by atoms with van der Waals surface area (Å²) in [5.74, 6) is -5.14. The number of nitrogens with two attached hydrogens (primary N) is 1. The fraction of sp³-hybridized carbons (Fsp3) is 0.471. The van der Waals surface area contributed by atoms with Gasteiger partial charge in [-0.3, -0.25) is 4.79 Å². The van der Waals surface area contributed by atoms with Crippen LogP contribution in [-0.4, -0.2) is 64.3 Å². The molecule has 11 nitrogen and oxygen atoms in total. The number of fused-ring (bicyclic) bond motifs is 3. The predicted molar refractivity (Wildman–Crippen MR) is 91.3 cm³/mol. The zero-order chi connectivity index (χ0) is 21.3. The van der Waals surface area contributed by atoms with Crippen molar-refractivity contribution in [2.45, 2.75) is 36.7 Å². The molecule has 0 bridgehead atoms. The molecule has 1 amide bonds. The van der Waals surface area contributed by atoms with Gasteiger partial charge in [-0.1, -0.05) is 18.3 Å². The first-order valence-electron chi connectivity index (χ1n) is 9.06. The fourth-order valence-electron chi connectivity index (χ4n) is 3.88.